The highest BCUT2D eigenvalue weighted by Crippen LogP contribution is 2.23. The quantitative estimate of drug-likeness (QED) is 0.481. The highest BCUT2D eigenvalue weighted by atomic mass is 32.1. The lowest BCUT2D eigenvalue weighted by molar-refractivity contribution is -0.134. The monoisotopic (exact) mass is 458 g/mol. The lowest BCUT2D eigenvalue weighted by Crippen LogP contribution is -2.50. The molecule has 4 aromatic rings. The Balaban J connectivity index is 1.09. The molecule has 0 radical (unpaired) electrons. The molecule has 0 unspecified atom stereocenters. The minimum atomic E-state index is -0.130. The molecule has 1 aliphatic heterocycles. The molecule has 1 aliphatic rings. The fourth-order valence-corrected chi connectivity index (χ4v) is 5.31. The number of para-hydroxylation sites is 1. The van der Waals surface area contributed by atoms with E-state index in [-0.39, 0.29) is 24.8 Å². The van der Waals surface area contributed by atoms with Crippen molar-refractivity contribution in [3.63, 3.8) is 0 Å². The van der Waals surface area contributed by atoms with Gasteiger partial charge in [-0.15, -0.1) is 11.3 Å². The van der Waals surface area contributed by atoms with Crippen LogP contribution in [0, 0.1) is 0 Å². The van der Waals surface area contributed by atoms with Crippen molar-refractivity contribution < 1.29 is 9.59 Å². The van der Waals surface area contributed by atoms with Crippen LogP contribution in [0.4, 0.5) is 0 Å². The standard InChI is InChI=1S/C26H26N4O2S/c31-24(16-20-8-5-7-19-6-1-2-9-21(19)20)27-17-26(32)30-14-12-29(13-15-30)18-25-28-22-10-3-4-11-23(22)33-25/h1-11H,12-18H2,(H,27,31). The van der Waals surface area contributed by atoms with Crippen molar-refractivity contribution in [2.45, 2.75) is 13.0 Å². The Labute approximate surface area is 196 Å². The summed E-state index contributed by atoms with van der Waals surface area (Å²) in [6.07, 6.45) is 0.268. The van der Waals surface area contributed by atoms with Crippen LogP contribution in [0.25, 0.3) is 21.0 Å². The number of amides is 2. The summed E-state index contributed by atoms with van der Waals surface area (Å²) in [5.74, 6) is -0.157. The molecule has 0 bridgehead atoms. The van der Waals surface area contributed by atoms with Gasteiger partial charge in [0.25, 0.3) is 0 Å². The molecule has 1 N–H and O–H groups in total. The van der Waals surface area contributed by atoms with Gasteiger partial charge in [0.2, 0.25) is 11.8 Å². The number of thiazole rings is 1. The first-order valence-corrected chi connectivity index (χ1v) is 12.1. The van der Waals surface area contributed by atoms with E-state index in [0.717, 1.165) is 46.5 Å². The number of piperazine rings is 1. The van der Waals surface area contributed by atoms with Crippen LogP contribution in [0.5, 0.6) is 0 Å². The molecule has 0 aliphatic carbocycles. The molecule has 168 valence electrons. The third kappa shape index (κ3) is 5.05. The van der Waals surface area contributed by atoms with Gasteiger partial charge in [-0.05, 0) is 28.5 Å². The SMILES string of the molecule is O=C(Cc1cccc2ccccc12)NCC(=O)N1CCN(Cc2nc3ccccc3s2)CC1. The number of carbonyl (C=O) groups excluding carboxylic acids is 2. The molecule has 7 heteroatoms. The highest BCUT2D eigenvalue weighted by Gasteiger charge is 2.22. The zero-order valence-electron chi connectivity index (χ0n) is 18.4. The number of fused-ring (bicyclic) bond motifs is 2. The van der Waals surface area contributed by atoms with Crippen LogP contribution >= 0.6 is 11.3 Å². The smallest absolute Gasteiger partial charge is 0.242 e. The van der Waals surface area contributed by atoms with Crippen LogP contribution < -0.4 is 5.32 Å². The largest absolute Gasteiger partial charge is 0.347 e. The van der Waals surface area contributed by atoms with Gasteiger partial charge >= 0.3 is 0 Å². The second-order valence-corrected chi connectivity index (χ2v) is 9.44. The zero-order chi connectivity index (χ0) is 22.6. The summed E-state index contributed by atoms with van der Waals surface area (Å²) in [5.41, 5.74) is 2.02. The van der Waals surface area contributed by atoms with Gasteiger partial charge in [-0.3, -0.25) is 14.5 Å². The molecular weight excluding hydrogens is 432 g/mol. The Morgan fingerprint density at radius 3 is 2.52 bits per heavy atom. The average molecular weight is 459 g/mol. The third-order valence-electron chi connectivity index (χ3n) is 6.09. The summed E-state index contributed by atoms with van der Waals surface area (Å²) >= 11 is 1.73. The van der Waals surface area contributed by atoms with E-state index in [4.69, 9.17) is 4.98 Å². The van der Waals surface area contributed by atoms with Crippen LogP contribution in [0.3, 0.4) is 0 Å². The van der Waals surface area contributed by atoms with E-state index in [2.05, 4.69) is 16.3 Å². The Morgan fingerprint density at radius 1 is 0.909 bits per heavy atom. The van der Waals surface area contributed by atoms with Crippen molar-refractivity contribution in [1.29, 1.82) is 0 Å². The van der Waals surface area contributed by atoms with Crippen LogP contribution in [0.15, 0.2) is 66.7 Å². The minimum absolute atomic E-state index is 0.0269. The molecule has 0 spiro atoms. The van der Waals surface area contributed by atoms with E-state index in [0.29, 0.717) is 13.1 Å². The Hall–Kier alpha value is -3.29. The molecule has 3 aromatic carbocycles. The summed E-state index contributed by atoms with van der Waals surface area (Å²) < 4.78 is 1.21. The molecule has 5 rings (SSSR count). The lowest BCUT2D eigenvalue weighted by Gasteiger charge is -2.34. The fraction of sp³-hybridized carbons (Fsp3) is 0.269. The number of hydrogen-bond donors (Lipinski definition) is 1. The highest BCUT2D eigenvalue weighted by molar-refractivity contribution is 7.18. The van der Waals surface area contributed by atoms with Gasteiger partial charge in [0.05, 0.1) is 29.7 Å². The second kappa shape index (κ2) is 9.68. The molecule has 0 saturated carbocycles. The number of benzene rings is 3. The maximum absolute atomic E-state index is 12.6. The predicted molar refractivity (Wildman–Crippen MR) is 132 cm³/mol. The summed E-state index contributed by atoms with van der Waals surface area (Å²) in [6, 6.07) is 22.2. The van der Waals surface area contributed by atoms with Gasteiger partial charge in [-0.25, -0.2) is 4.98 Å². The molecule has 2 heterocycles. The molecule has 1 saturated heterocycles. The summed E-state index contributed by atoms with van der Waals surface area (Å²) in [5, 5.41) is 6.10. The second-order valence-electron chi connectivity index (χ2n) is 8.32. The summed E-state index contributed by atoms with van der Waals surface area (Å²) in [4.78, 5) is 34.0. The van der Waals surface area contributed by atoms with Crippen LogP contribution in [-0.2, 0) is 22.6 Å². The number of nitrogens with one attached hydrogen (secondary N) is 1. The predicted octanol–water partition coefficient (Wildman–Crippen LogP) is 3.45. The molecule has 6 nitrogen and oxygen atoms in total. The summed E-state index contributed by atoms with van der Waals surface area (Å²) in [7, 11) is 0. The van der Waals surface area contributed by atoms with Gasteiger partial charge in [0.1, 0.15) is 5.01 Å². The Bertz CT molecular complexity index is 1260. The van der Waals surface area contributed by atoms with Gasteiger partial charge in [0, 0.05) is 26.2 Å². The molecule has 1 aromatic heterocycles. The van der Waals surface area contributed by atoms with E-state index in [9.17, 15) is 9.59 Å². The minimum Gasteiger partial charge on any atom is -0.347 e. The van der Waals surface area contributed by atoms with Gasteiger partial charge in [0.15, 0.2) is 0 Å². The topological polar surface area (TPSA) is 65.5 Å². The maximum Gasteiger partial charge on any atom is 0.242 e. The fourth-order valence-electron chi connectivity index (χ4n) is 4.30. The average Bonchev–Trinajstić information content (AvgIpc) is 3.25. The van der Waals surface area contributed by atoms with Gasteiger partial charge in [-0.2, -0.15) is 0 Å². The summed E-state index contributed by atoms with van der Waals surface area (Å²) in [6.45, 7) is 3.81. The van der Waals surface area contributed by atoms with Crippen molar-refractivity contribution >= 4 is 44.1 Å². The molecular formula is C26H26N4O2S. The van der Waals surface area contributed by atoms with Crippen molar-refractivity contribution in [2.75, 3.05) is 32.7 Å². The van der Waals surface area contributed by atoms with Crippen molar-refractivity contribution in [3.05, 3.63) is 77.3 Å². The van der Waals surface area contributed by atoms with Gasteiger partial charge in [-0.1, -0.05) is 54.6 Å². The first-order chi connectivity index (χ1) is 16.2. The molecule has 0 atom stereocenters. The zero-order valence-corrected chi connectivity index (χ0v) is 19.2. The van der Waals surface area contributed by atoms with E-state index in [1.165, 1.54) is 4.70 Å². The number of aromatic nitrogens is 1. The molecule has 2 amide bonds. The normalized spacial score (nSPS) is 14.6. The van der Waals surface area contributed by atoms with Crippen molar-refractivity contribution in [3.8, 4) is 0 Å². The van der Waals surface area contributed by atoms with E-state index in [1.54, 1.807) is 11.3 Å². The molecule has 33 heavy (non-hydrogen) atoms. The van der Waals surface area contributed by atoms with Crippen molar-refractivity contribution in [1.82, 2.24) is 20.1 Å². The number of rotatable bonds is 6. The van der Waals surface area contributed by atoms with E-state index in [1.807, 2.05) is 65.6 Å². The number of carbonyl (C=O) groups is 2. The van der Waals surface area contributed by atoms with E-state index < -0.39 is 0 Å². The molecule has 1 fully saturated rings. The number of nitrogens with zero attached hydrogens (tertiary/aromatic N) is 3. The van der Waals surface area contributed by atoms with Crippen molar-refractivity contribution in [2.24, 2.45) is 0 Å². The first-order valence-electron chi connectivity index (χ1n) is 11.2. The Kier molecular flexibility index (Phi) is 6.32. The van der Waals surface area contributed by atoms with Crippen LogP contribution in [0.1, 0.15) is 10.6 Å². The van der Waals surface area contributed by atoms with Crippen LogP contribution in [-0.4, -0.2) is 59.3 Å². The van der Waals surface area contributed by atoms with Crippen LogP contribution in [0.2, 0.25) is 0 Å². The Morgan fingerprint density at radius 2 is 1.67 bits per heavy atom. The number of hydrogen-bond acceptors (Lipinski definition) is 5. The van der Waals surface area contributed by atoms with Gasteiger partial charge < -0.3 is 10.2 Å². The lowest BCUT2D eigenvalue weighted by atomic mass is 10.0. The maximum atomic E-state index is 12.6. The van der Waals surface area contributed by atoms with E-state index >= 15 is 0 Å². The third-order valence-corrected chi connectivity index (χ3v) is 7.11. The first kappa shape index (κ1) is 21.6.